The first-order valence-corrected chi connectivity index (χ1v) is 10.3. The van der Waals surface area contributed by atoms with E-state index in [-0.39, 0.29) is 24.0 Å². The lowest BCUT2D eigenvalue weighted by Crippen LogP contribution is -2.39. The van der Waals surface area contributed by atoms with Crippen LogP contribution in [0.1, 0.15) is 17.5 Å². The number of aliphatic imine (C=N–C) groups is 1. The molecule has 0 bridgehead atoms. The van der Waals surface area contributed by atoms with Gasteiger partial charge in [-0.15, -0.1) is 24.0 Å². The fourth-order valence-electron chi connectivity index (χ4n) is 3.45. The number of fused-ring (bicyclic) bond motifs is 1. The second-order valence-corrected chi connectivity index (χ2v) is 7.14. The Labute approximate surface area is 197 Å². The first-order chi connectivity index (χ1) is 14.3. The minimum atomic E-state index is 0. The quantitative estimate of drug-likeness (QED) is 0.227. The Kier molecular flexibility index (Phi) is 11.0. The summed E-state index contributed by atoms with van der Waals surface area (Å²) in [5, 5.41) is 6.75. The summed E-state index contributed by atoms with van der Waals surface area (Å²) in [7, 11) is 3.49. The summed E-state index contributed by atoms with van der Waals surface area (Å²) in [4.78, 5) is 6.82. The summed E-state index contributed by atoms with van der Waals surface area (Å²) in [6.07, 6.45) is 2.00. The van der Waals surface area contributed by atoms with E-state index in [0.29, 0.717) is 13.2 Å². The van der Waals surface area contributed by atoms with E-state index < -0.39 is 0 Å². The highest BCUT2D eigenvalue weighted by Crippen LogP contribution is 2.18. The molecule has 1 aliphatic heterocycles. The first kappa shape index (κ1) is 24.4. The van der Waals surface area contributed by atoms with Crippen LogP contribution in [-0.4, -0.2) is 57.9 Å². The predicted molar refractivity (Wildman–Crippen MR) is 134 cm³/mol. The fraction of sp³-hybridized carbons (Fsp3) is 0.435. The monoisotopic (exact) mass is 524 g/mol. The lowest BCUT2D eigenvalue weighted by atomic mass is 10.00. The van der Waals surface area contributed by atoms with Crippen LogP contribution in [0, 0.1) is 0 Å². The van der Waals surface area contributed by atoms with Gasteiger partial charge in [0.1, 0.15) is 5.75 Å². The Morgan fingerprint density at radius 1 is 1.10 bits per heavy atom. The third-order valence-corrected chi connectivity index (χ3v) is 5.01. The second kappa shape index (κ2) is 13.5. The van der Waals surface area contributed by atoms with Gasteiger partial charge in [-0.2, -0.15) is 0 Å². The molecule has 0 atom stereocenters. The van der Waals surface area contributed by atoms with E-state index >= 15 is 0 Å². The Hall–Kier alpha value is -1.84. The van der Waals surface area contributed by atoms with Gasteiger partial charge in [-0.05, 0) is 29.7 Å². The third kappa shape index (κ3) is 7.77. The maximum Gasteiger partial charge on any atom is 0.195 e. The van der Waals surface area contributed by atoms with E-state index in [4.69, 9.17) is 9.47 Å². The van der Waals surface area contributed by atoms with Gasteiger partial charge in [-0.1, -0.05) is 30.3 Å². The predicted octanol–water partition coefficient (Wildman–Crippen LogP) is 3.77. The van der Waals surface area contributed by atoms with E-state index in [9.17, 15) is 0 Å². The highest BCUT2D eigenvalue weighted by Gasteiger charge is 2.15. The molecule has 2 aromatic carbocycles. The van der Waals surface area contributed by atoms with Crippen molar-refractivity contribution in [1.29, 1.82) is 0 Å². The molecule has 0 unspecified atom stereocenters. The summed E-state index contributed by atoms with van der Waals surface area (Å²) in [5.41, 5.74) is 3.89. The third-order valence-electron chi connectivity index (χ3n) is 5.01. The number of hydrogen-bond donors (Lipinski definition) is 2. The molecule has 1 heterocycles. The molecule has 0 amide bonds. The van der Waals surface area contributed by atoms with E-state index in [2.05, 4.69) is 44.8 Å². The zero-order valence-corrected chi connectivity index (χ0v) is 20.2. The molecule has 7 heteroatoms. The smallest absolute Gasteiger partial charge is 0.195 e. The Morgan fingerprint density at radius 2 is 1.93 bits per heavy atom. The van der Waals surface area contributed by atoms with Crippen LogP contribution in [0.3, 0.4) is 0 Å². The molecular weight excluding hydrogens is 491 g/mol. The normalized spacial score (nSPS) is 13.9. The van der Waals surface area contributed by atoms with Gasteiger partial charge >= 0.3 is 0 Å². The molecule has 6 nitrogen and oxygen atoms in total. The molecule has 30 heavy (non-hydrogen) atoms. The highest BCUT2D eigenvalue weighted by molar-refractivity contribution is 14.0. The van der Waals surface area contributed by atoms with Crippen molar-refractivity contribution in [3.63, 3.8) is 0 Å². The van der Waals surface area contributed by atoms with Gasteiger partial charge < -0.3 is 20.1 Å². The Bertz CT molecular complexity index is 800. The molecule has 0 saturated heterocycles. The van der Waals surface area contributed by atoms with Gasteiger partial charge in [0.2, 0.25) is 0 Å². The van der Waals surface area contributed by atoms with Crippen LogP contribution in [0.4, 0.5) is 5.69 Å². The number of guanidine groups is 1. The van der Waals surface area contributed by atoms with Crippen LogP contribution in [0.15, 0.2) is 53.5 Å². The maximum absolute atomic E-state index is 5.77. The molecule has 0 fully saturated rings. The molecule has 0 aromatic heterocycles. The summed E-state index contributed by atoms with van der Waals surface area (Å²) in [6.45, 7) is 5.30. The van der Waals surface area contributed by atoms with E-state index in [1.54, 1.807) is 14.2 Å². The zero-order valence-electron chi connectivity index (χ0n) is 17.9. The summed E-state index contributed by atoms with van der Waals surface area (Å²) < 4.78 is 10.8. The zero-order chi connectivity index (χ0) is 20.3. The fourth-order valence-corrected chi connectivity index (χ4v) is 3.45. The SMILES string of the molecule is CN=C(NCCN1CCc2ccccc2C1)Nc1cccc(OCCCOC)c1.I. The number of anilines is 1. The molecule has 0 radical (unpaired) electrons. The van der Waals surface area contributed by atoms with Gasteiger partial charge in [-0.25, -0.2) is 0 Å². The average Bonchev–Trinajstić information content (AvgIpc) is 2.76. The molecule has 2 aromatic rings. The molecule has 0 saturated carbocycles. The summed E-state index contributed by atoms with van der Waals surface area (Å²) in [6, 6.07) is 16.7. The standard InChI is InChI=1S/C23H32N4O2.HI/c1-24-23(26-21-9-5-10-22(17-21)29-16-6-15-28-2)25-12-14-27-13-11-19-7-3-4-8-20(19)18-27;/h3-5,7-10,17H,6,11-16,18H2,1-2H3,(H2,24,25,26);1H. The van der Waals surface area contributed by atoms with Gasteiger partial charge in [0.25, 0.3) is 0 Å². The number of ether oxygens (including phenoxy) is 2. The minimum absolute atomic E-state index is 0. The molecule has 164 valence electrons. The van der Waals surface area contributed by atoms with Crippen molar-refractivity contribution in [1.82, 2.24) is 10.2 Å². The van der Waals surface area contributed by atoms with Crippen molar-refractivity contribution in [2.24, 2.45) is 4.99 Å². The van der Waals surface area contributed by atoms with Crippen molar-refractivity contribution >= 4 is 35.6 Å². The van der Waals surface area contributed by atoms with Gasteiger partial charge in [-0.3, -0.25) is 9.89 Å². The van der Waals surface area contributed by atoms with Gasteiger partial charge in [0.05, 0.1) is 6.61 Å². The van der Waals surface area contributed by atoms with Crippen molar-refractivity contribution < 1.29 is 9.47 Å². The van der Waals surface area contributed by atoms with Crippen LogP contribution in [0.2, 0.25) is 0 Å². The van der Waals surface area contributed by atoms with Crippen LogP contribution in [0.25, 0.3) is 0 Å². The Balaban J connectivity index is 0.00000320. The largest absolute Gasteiger partial charge is 0.493 e. The number of nitrogens with one attached hydrogen (secondary N) is 2. The van der Waals surface area contributed by atoms with Gasteiger partial charge in [0, 0.05) is 65.1 Å². The summed E-state index contributed by atoms with van der Waals surface area (Å²) in [5.74, 6) is 1.60. The topological polar surface area (TPSA) is 58.1 Å². The first-order valence-electron chi connectivity index (χ1n) is 10.3. The van der Waals surface area contributed by atoms with Crippen LogP contribution in [-0.2, 0) is 17.7 Å². The van der Waals surface area contributed by atoms with Crippen LogP contribution >= 0.6 is 24.0 Å². The van der Waals surface area contributed by atoms with Crippen molar-refractivity contribution in [3.8, 4) is 5.75 Å². The van der Waals surface area contributed by atoms with Crippen molar-refractivity contribution in [2.75, 3.05) is 52.3 Å². The van der Waals surface area contributed by atoms with E-state index in [1.165, 1.54) is 11.1 Å². The lowest BCUT2D eigenvalue weighted by Gasteiger charge is -2.28. The van der Waals surface area contributed by atoms with Crippen molar-refractivity contribution in [2.45, 2.75) is 19.4 Å². The van der Waals surface area contributed by atoms with E-state index in [1.807, 2.05) is 24.3 Å². The molecule has 0 aliphatic carbocycles. The number of benzene rings is 2. The number of nitrogens with zero attached hydrogens (tertiary/aromatic N) is 2. The highest BCUT2D eigenvalue weighted by atomic mass is 127. The van der Waals surface area contributed by atoms with Crippen LogP contribution in [0.5, 0.6) is 5.75 Å². The Morgan fingerprint density at radius 3 is 2.73 bits per heavy atom. The van der Waals surface area contributed by atoms with Crippen molar-refractivity contribution in [3.05, 3.63) is 59.7 Å². The molecule has 0 spiro atoms. The minimum Gasteiger partial charge on any atom is -0.493 e. The number of halogens is 1. The molecule has 2 N–H and O–H groups in total. The molecule has 1 aliphatic rings. The average molecular weight is 524 g/mol. The maximum atomic E-state index is 5.77. The molecule has 3 rings (SSSR count). The van der Waals surface area contributed by atoms with Crippen LogP contribution < -0.4 is 15.4 Å². The second-order valence-electron chi connectivity index (χ2n) is 7.14. The summed E-state index contributed by atoms with van der Waals surface area (Å²) >= 11 is 0. The lowest BCUT2D eigenvalue weighted by molar-refractivity contribution is 0.172. The molecular formula is C23H33IN4O2. The van der Waals surface area contributed by atoms with E-state index in [0.717, 1.165) is 56.4 Å². The number of hydrogen-bond acceptors (Lipinski definition) is 4. The number of rotatable bonds is 9. The number of methoxy groups -OCH3 is 1. The van der Waals surface area contributed by atoms with Gasteiger partial charge in [0.15, 0.2) is 5.96 Å².